The van der Waals surface area contributed by atoms with Gasteiger partial charge in [0.25, 0.3) is 11.8 Å². The highest BCUT2D eigenvalue weighted by Crippen LogP contribution is 2.31. The zero-order chi connectivity index (χ0) is 21.0. The van der Waals surface area contributed by atoms with Crippen LogP contribution in [0.15, 0.2) is 54.6 Å². The van der Waals surface area contributed by atoms with E-state index in [0.717, 1.165) is 5.01 Å². The summed E-state index contributed by atoms with van der Waals surface area (Å²) in [5, 5.41) is 3.44. The van der Waals surface area contributed by atoms with Crippen LogP contribution in [-0.2, 0) is 21.7 Å². The number of carbonyl (C=O) groups excluding carboxylic acids is 3. The van der Waals surface area contributed by atoms with Crippen LogP contribution in [0.2, 0.25) is 0 Å². The van der Waals surface area contributed by atoms with Crippen molar-refractivity contribution in [2.75, 3.05) is 13.6 Å². The number of benzene rings is 2. The number of imide groups is 1. The highest BCUT2D eigenvalue weighted by atomic mass is 19.1. The second kappa shape index (κ2) is 8.40. The Morgan fingerprint density at radius 1 is 1.14 bits per heavy atom. The van der Waals surface area contributed by atoms with Gasteiger partial charge in [0.15, 0.2) is 6.54 Å². The van der Waals surface area contributed by atoms with Gasteiger partial charge in [0, 0.05) is 5.56 Å². The third kappa shape index (κ3) is 4.12. The molecule has 0 spiro atoms. The summed E-state index contributed by atoms with van der Waals surface area (Å²) in [7, 11) is 1.73. The summed E-state index contributed by atoms with van der Waals surface area (Å²) < 4.78 is 13.8. The number of rotatable bonds is 7. The number of likely N-dealkylation sites (N-methyl/N-ethyl adjacent to an activating group) is 1. The van der Waals surface area contributed by atoms with Crippen molar-refractivity contribution in [1.29, 1.82) is 0 Å². The van der Waals surface area contributed by atoms with Crippen LogP contribution in [0, 0.1) is 5.82 Å². The Labute approximate surface area is 168 Å². The molecule has 1 aliphatic heterocycles. The quantitative estimate of drug-likeness (QED) is 0.601. The molecule has 29 heavy (non-hydrogen) atoms. The fourth-order valence-electron chi connectivity index (χ4n) is 3.51. The zero-order valence-electron chi connectivity index (χ0n) is 16.4. The molecule has 7 nitrogen and oxygen atoms in total. The Balaban J connectivity index is 1.66. The summed E-state index contributed by atoms with van der Waals surface area (Å²) in [6.45, 7) is 2.06. The van der Waals surface area contributed by atoms with Crippen molar-refractivity contribution in [2.45, 2.75) is 25.4 Å². The molecule has 0 aromatic heterocycles. The van der Waals surface area contributed by atoms with Gasteiger partial charge in [0.05, 0.1) is 7.05 Å². The first-order chi connectivity index (χ1) is 13.9. The highest BCUT2D eigenvalue weighted by molar-refractivity contribution is 6.08. The van der Waals surface area contributed by atoms with Crippen LogP contribution in [0.1, 0.15) is 24.5 Å². The van der Waals surface area contributed by atoms with Crippen LogP contribution >= 0.6 is 0 Å². The molecular formula is C21H24FN4O3+. The maximum absolute atomic E-state index is 13.8. The number of halogens is 1. The van der Waals surface area contributed by atoms with Crippen molar-refractivity contribution < 1.29 is 23.7 Å². The van der Waals surface area contributed by atoms with Crippen LogP contribution in [0.4, 0.5) is 9.18 Å². The zero-order valence-corrected chi connectivity index (χ0v) is 16.4. The van der Waals surface area contributed by atoms with Crippen molar-refractivity contribution in [3.8, 4) is 0 Å². The van der Waals surface area contributed by atoms with Gasteiger partial charge in [0.1, 0.15) is 17.9 Å². The van der Waals surface area contributed by atoms with Crippen LogP contribution < -0.4 is 15.6 Å². The lowest BCUT2D eigenvalue weighted by atomic mass is 9.87. The average molecular weight is 399 g/mol. The van der Waals surface area contributed by atoms with Crippen LogP contribution in [0.5, 0.6) is 0 Å². The molecule has 1 unspecified atom stereocenters. The van der Waals surface area contributed by atoms with Crippen LogP contribution in [-0.4, -0.2) is 36.4 Å². The molecule has 152 valence electrons. The number of nitrogens with one attached hydrogen (secondary N) is 3. The van der Waals surface area contributed by atoms with E-state index >= 15 is 0 Å². The largest absolute Gasteiger partial charge is 0.344 e. The van der Waals surface area contributed by atoms with Crippen molar-refractivity contribution in [2.24, 2.45) is 0 Å². The van der Waals surface area contributed by atoms with Crippen LogP contribution in [0.25, 0.3) is 0 Å². The van der Waals surface area contributed by atoms with Crippen molar-refractivity contribution in [1.82, 2.24) is 15.8 Å². The minimum Gasteiger partial charge on any atom is -0.326 e. The lowest BCUT2D eigenvalue weighted by Crippen LogP contribution is -3.09. The lowest BCUT2D eigenvalue weighted by molar-refractivity contribution is -0.885. The van der Waals surface area contributed by atoms with E-state index < -0.39 is 23.4 Å². The molecule has 4 amide bonds. The number of carbonyl (C=O) groups is 3. The van der Waals surface area contributed by atoms with E-state index in [2.05, 4.69) is 10.7 Å². The molecular weight excluding hydrogens is 375 g/mol. The van der Waals surface area contributed by atoms with Gasteiger partial charge in [0.2, 0.25) is 0 Å². The van der Waals surface area contributed by atoms with Gasteiger partial charge in [-0.05, 0) is 18.1 Å². The molecule has 1 aliphatic rings. The predicted octanol–water partition coefficient (Wildman–Crippen LogP) is 0.729. The molecule has 2 aromatic carbocycles. The SMILES string of the molecule is CC[C@]1(c2ccccc2)NC(=O)N(NC(=O)C[NH+](C)Cc2ccccc2F)C1=O. The molecule has 0 radical (unpaired) electrons. The first kappa shape index (κ1) is 20.5. The Hall–Kier alpha value is -3.26. The Kier molecular flexibility index (Phi) is 5.93. The van der Waals surface area contributed by atoms with Gasteiger partial charge < -0.3 is 10.2 Å². The Morgan fingerprint density at radius 2 is 1.79 bits per heavy atom. The van der Waals surface area contributed by atoms with Gasteiger partial charge in [-0.1, -0.05) is 55.5 Å². The minimum atomic E-state index is -1.21. The number of nitrogens with zero attached hydrogens (tertiary/aromatic N) is 1. The molecule has 1 fully saturated rings. The lowest BCUT2D eigenvalue weighted by Gasteiger charge is -2.25. The molecule has 8 heteroatoms. The maximum Gasteiger partial charge on any atom is 0.344 e. The third-order valence-electron chi connectivity index (χ3n) is 5.04. The summed E-state index contributed by atoms with van der Waals surface area (Å²) in [5.74, 6) is -1.38. The predicted molar refractivity (Wildman–Crippen MR) is 104 cm³/mol. The number of quaternary nitrogens is 1. The average Bonchev–Trinajstić information content (AvgIpc) is 2.95. The summed E-state index contributed by atoms with van der Waals surface area (Å²) >= 11 is 0. The molecule has 1 heterocycles. The van der Waals surface area contributed by atoms with Crippen molar-refractivity contribution >= 4 is 17.8 Å². The van der Waals surface area contributed by atoms with E-state index in [9.17, 15) is 18.8 Å². The first-order valence-electron chi connectivity index (χ1n) is 9.44. The molecule has 0 saturated carbocycles. The van der Waals surface area contributed by atoms with Crippen LogP contribution in [0.3, 0.4) is 0 Å². The molecule has 3 N–H and O–H groups in total. The minimum absolute atomic E-state index is 0.0319. The van der Waals surface area contributed by atoms with E-state index in [1.54, 1.807) is 56.4 Å². The number of hydrogen-bond donors (Lipinski definition) is 3. The second-order valence-corrected chi connectivity index (χ2v) is 7.13. The van der Waals surface area contributed by atoms with Crippen molar-refractivity contribution in [3.63, 3.8) is 0 Å². The van der Waals surface area contributed by atoms with Gasteiger partial charge in [-0.3, -0.25) is 15.0 Å². The maximum atomic E-state index is 13.8. The molecule has 2 aromatic rings. The Bertz CT molecular complexity index is 921. The summed E-state index contributed by atoms with van der Waals surface area (Å²) in [6.07, 6.45) is 0.340. The highest BCUT2D eigenvalue weighted by Gasteiger charge is 2.52. The number of urea groups is 1. The standard InChI is InChI=1S/C21H23FN4O3/c1-3-21(16-10-5-4-6-11-16)19(28)26(20(29)23-21)24-18(27)14-25(2)13-15-9-7-8-12-17(15)22/h4-12H,3,13-14H2,1-2H3,(H,23,29)(H,24,27)/p+1/t21-/m1/s1. The number of hydrazine groups is 1. The molecule has 3 rings (SSSR count). The van der Waals surface area contributed by atoms with E-state index in [-0.39, 0.29) is 12.4 Å². The van der Waals surface area contributed by atoms with Gasteiger partial charge >= 0.3 is 6.03 Å². The summed E-state index contributed by atoms with van der Waals surface area (Å²) in [4.78, 5) is 38.5. The second-order valence-electron chi connectivity index (χ2n) is 7.13. The smallest absolute Gasteiger partial charge is 0.326 e. The fourth-order valence-corrected chi connectivity index (χ4v) is 3.51. The van der Waals surface area contributed by atoms with Gasteiger partial charge in [-0.15, -0.1) is 0 Å². The number of amides is 4. The topological polar surface area (TPSA) is 83.0 Å². The molecule has 0 aliphatic carbocycles. The molecule has 1 saturated heterocycles. The van der Waals surface area contributed by atoms with E-state index in [1.807, 2.05) is 6.07 Å². The first-order valence-corrected chi connectivity index (χ1v) is 9.44. The van der Waals surface area contributed by atoms with Crippen molar-refractivity contribution in [3.05, 3.63) is 71.5 Å². The Morgan fingerprint density at radius 3 is 2.45 bits per heavy atom. The summed E-state index contributed by atoms with van der Waals surface area (Å²) in [5.41, 5.74) is 2.32. The van der Waals surface area contributed by atoms with E-state index in [1.165, 1.54) is 6.07 Å². The van der Waals surface area contributed by atoms with E-state index in [0.29, 0.717) is 29.0 Å². The monoisotopic (exact) mass is 399 g/mol. The fraction of sp³-hybridized carbons (Fsp3) is 0.286. The molecule has 0 bridgehead atoms. The molecule has 2 atom stereocenters. The summed E-state index contributed by atoms with van der Waals surface area (Å²) in [6, 6.07) is 14.6. The number of hydrogen-bond acceptors (Lipinski definition) is 3. The normalized spacial score (nSPS) is 19.8. The van der Waals surface area contributed by atoms with Gasteiger partial charge in [-0.2, -0.15) is 5.01 Å². The van der Waals surface area contributed by atoms with E-state index in [4.69, 9.17) is 0 Å². The van der Waals surface area contributed by atoms with Gasteiger partial charge in [-0.25, -0.2) is 9.18 Å². The third-order valence-corrected chi connectivity index (χ3v) is 5.04.